The van der Waals surface area contributed by atoms with Crippen LogP contribution in [0.5, 0.6) is 11.5 Å². The largest absolute Gasteiger partial charge is 0.497 e. The third-order valence-corrected chi connectivity index (χ3v) is 5.09. The average molecular weight is 379 g/mol. The quantitative estimate of drug-likeness (QED) is 0.558. The van der Waals surface area contributed by atoms with Gasteiger partial charge in [-0.2, -0.15) is 0 Å². The Kier molecular flexibility index (Phi) is 6.59. The van der Waals surface area contributed by atoms with Crippen molar-refractivity contribution in [3.05, 3.63) is 53.6 Å². The van der Waals surface area contributed by atoms with E-state index in [1.807, 2.05) is 0 Å². The van der Waals surface area contributed by atoms with Gasteiger partial charge in [-0.05, 0) is 36.8 Å². The topological polar surface area (TPSA) is 90.9 Å². The van der Waals surface area contributed by atoms with Crippen molar-refractivity contribution in [2.75, 3.05) is 27.4 Å². The maximum absolute atomic E-state index is 12.4. The van der Waals surface area contributed by atoms with Crippen molar-refractivity contribution in [1.29, 1.82) is 0 Å². The molecule has 2 rings (SSSR count). The molecule has 8 heteroatoms. The molecule has 0 spiro atoms. The molecule has 0 bridgehead atoms. The molecule has 0 aliphatic carbocycles. The molecule has 0 amide bonds. The second kappa shape index (κ2) is 8.68. The molecule has 0 unspecified atom stereocenters. The number of hydrogen-bond donors (Lipinski definition) is 1. The van der Waals surface area contributed by atoms with Crippen LogP contribution in [-0.4, -0.2) is 41.8 Å². The lowest BCUT2D eigenvalue weighted by Gasteiger charge is -2.11. The summed E-state index contributed by atoms with van der Waals surface area (Å²) in [6, 6.07) is 11.3. The van der Waals surface area contributed by atoms with Crippen LogP contribution in [0.2, 0.25) is 0 Å². The SMILES string of the molecule is COC(=O)c1cc(S(=O)(=O)NCCOc2cccc(OC)c2)ccc1C. The Morgan fingerprint density at radius 2 is 1.81 bits per heavy atom. The molecule has 0 radical (unpaired) electrons. The number of carbonyl (C=O) groups is 1. The Balaban J connectivity index is 1.99. The minimum atomic E-state index is -3.77. The molecule has 0 saturated heterocycles. The van der Waals surface area contributed by atoms with Gasteiger partial charge in [0.05, 0.1) is 24.7 Å². The standard InChI is InChI=1S/C18H21NO6S/c1-13-7-8-16(12-17(13)18(20)24-3)26(21,22)19-9-10-25-15-6-4-5-14(11-15)23-2/h4-8,11-12,19H,9-10H2,1-3H3. The summed E-state index contributed by atoms with van der Waals surface area (Å²) in [5.41, 5.74) is 0.847. The molecule has 0 aromatic heterocycles. The molecule has 0 heterocycles. The number of hydrogen-bond acceptors (Lipinski definition) is 6. The molecule has 0 aliphatic rings. The normalized spacial score (nSPS) is 11.0. The van der Waals surface area contributed by atoms with Gasteiger partial charge in [-0.15, -0.1) is 0 Å². The summed E-state index contributed by atoms with van der Waals surface area (Å²) < 4.78 is 42.5. The van der Waals surface area contributed by atoms with Crippen LogP contribution < -0.4 is 14.2 Å². The second-order valence-electron chi connectivity index (χ2n) is 5.39. The van der Waals surface area contributed by atoms with Gasteiger partial charge in [-0.25, -0.2) is 17.9 Å². The van der Waals surface area contributed by atoms with Gasteiger partial charge < -0.3 is 14.2 Å². The fourth-order valence-electron chi connectivity index (χ4n) is 2.22. The summed E-state index contributed by atoms with van der Waals surface area (Å²) >= 11 is 0. The number of esters is 1. The van der Waals surface area contributed by atoms with E-state index in [9.17, 15) is 13.2 Å². The molecule has 26 heavy (non-hydrogen) atoms. The highest BCUT2D eigenvalue weighted by Crippen LogP contribution is 2.19. The first kappa shape index (κ1) is 19.7. The van der Waals surface area contributed by atoms with E-state index < -0.39 is 16.0 Å². The molecule has 0 aliphatic heterocycles. The van der Waals surface area contributed by atoms with Crippen LogP contribution in [0.3, 0.4) is 0 Å². The molecule has 0 fully saturated rings. The lowest BCUT2D eigenvalue weighted by molar-refractivity contribution is 0.0599. The van der Waals surface area contributed by atoms with Crippen molar-refractivity contribution in [2.24, 2.45) is 0 Å². The monoisotopic (exact) mass is 379 g/mol. The summed E-state index contributed by atoms with van der Waals surface area (Å²) in [4.78, 5) is 11.7. The van der Waals surface area contributed by atoms with E-state index in [-0.39, 0.29) is 23.6 Å². The molecule has 2 aromatic rings. The molecule has 140 valence electrons. The fourth-order valence-corrected chi connectivity index (χ4v) is 3.26. The number of nitrogens with one attached hydrogen (secondary N) is 1. The zero-order valence-electron chi connectivity index (χ0n) is 14.8. The predicted octanol–water partition coefficient (Wildman–Crippen LogP) is 2.15. The summed E-state index contributed by atoms with van der Waals surface area (Å²) in [6.45, 7) is 1.92. The molecule has 0 saturated carbocycles. The predicted molar refractivity (Wildman–Crippen MR) is 96.2 cm³/mol. The maximum Gasteiger partial charge on any atom is 0.338 e. The Morgan fingerprint density at radius 3 is 2.50 bits per heavy atom. The number of sulfonamides is 1. The van der Waals surface area contributed by atoms with Gasteiger partial charge in [0.1, 0.15) is 18.1 Å². The highest BCUT2D eigenvalue weighted by molar-refractivity contribution is 7.89. The van der Waals surface area contributed by atoms with Crippen LogP contribution in [0, 0.1) is 6.92 Å². The maximum atomic E-state index is 12.4. The summed E-state index contributed by atoms with van der Waals surface area (Å²) in [5.74, 6) is 0.644. The second-order valence-corrected chi connectivity index (χ2v) is 7.16. The molecule has 7 nitrogen and oxygen atoms in total. The number of rotatable bonds is 8. The number of methoxy groups -OCH3 is 2. The van der Waals surface area contributed by atoms with Gasteiger partial charge in [-0.1, -0.05) is 12.1 Å². The van der Waals surface area contributed by atoms with Crippen LogP contribution in [0.1, 0.15) is 15.9 Å². The fraction of sp³-hybridized carbons (Fsp3) is 0.278. The van der Waals surface area contributed by atoms with Gasteiger partial charge >= 0.3 is 5.97 Å². The van der Waals surface area contributed by atoms with Crippen molar-refractivity contribution >= 4 is 16.0 Å². The first-order valence-electron chi connectivity index (χ1n) is 7.83. The van der Waals surface area contributed by atoms with Crippen LogP contribution in [0.4, 0.5) is 0 Å². The van der Waals surface area contributed by atoms with E-state index in [1.54, 1.807) is 44.4 Å². The van der Waals surface area contributed by atoms with E-state index in [0.717, 1.165) is 0 Å². The Bertz CT molecular complexity index is 879. The van der Waals surface area contributed by atoms with E-state index in [1.165, 1.54) is 19.2 Å². The molecule has 1 N–H and O–H groups in total. The van der Waals surface area contributed by atoms with E-state index in [2.05, 4.69) is 9.46 Å². The number of carbonyl (C=O) groups excluding carboxylic acids is 1. The smallest absolute Gasteiger partial charge is 0.338 e. The van der Waals surface area contributed by atoms with Crippen LogP contribution in [-0.2, 0) is 14.8 Å². The molecular weight excluding hydrogens is 358 g/mol. The van der Waals surface area contributed by atoms with Crippen molar-refractivity contribution < 1.29 is 27.4 Å². The summed E-state index contributed by atoms with van der Waals surface area (Å²) in [6.07, 6.45) is 0. The number of benzene rings is 2. The highest BCUT2D eigenvalue weighted by Gasteiger charge is 2.18. The van der Waals surface area contributed by atoms with Crippen molar-refractivity contribution in [3.8, 4) is 11.5 Å². The van der Waals surface area contributed by atoms with Gasteiger partial charge in [0, 0.05) is 12.6 Å². The Labute approximate surface area is 152 Å². The minimum absolute atomic E-state index is 0.00937. The minimum Gasteiger partial charge on any atom is -0.497 e. The Morgan fingerprint density at radius 1 is 1.08 bits per heavy atom. The first-order chi connectivity index (χ1) is 12.4. The van der Waals surface area contributed by atoms with Crippen molar-refractivity contribution in [3.63, 3.8) is 0 Å². The third kappa shape index (κ3) is 4.96. The van der Waals surface area contributed by atoms with Crippen LogP contribution in [0.25, 0.3) is 0 Å². The van der Waals surface area contributed by atoms with Gasteiger partial charge in [0.25, 0.3) is 0 Å². The van der Waals surface area contributed by atoms with E-state index in [4.69, 9.17) is 9.47 Å². The highest BCUT2D eigenvalue weighted by atomic mass is 32.2. The molecular formula is C18H21NO6S. The zero-order chi connectivity index (χ0) is 19.2. The van der Waals surface area contributed by atoms with E-state index >= 15 is 0 Å². The third-order valence-electron chi connectivity index (χ3n) is 3.63. The van der Waals surface area contributed by atoms with Crippen LogP contribution >= 0.6 is 0 Å². The summed E-state index contributed by atoms with van der Waals surface area (Å²) in [5, 5.41) is 0. The van der Waals surface area contributed by atoms with Gasteiger partial charge in [-0.3, -0.25) is 0 Å². The van der Waals surface area contributed by atoms with Gasteiger partial charge in [0.2, 0.25) is 10.0 Å². The van der Waals surface area contributed by atoms with Crippen molar-refractivity contribution in [1.82, 2.24) is 4.72 Å². The zero-order valence-corrected chi connectivity index (χ0v) is 15.6. The van der Waals surface area contributed by atoms with E-state index in [0.29, 0.717) is 17.1 Å². The van der Waals surface area contributed by atoms with Gasteiger partial charge in [0.15, 0.2) is 0 Å². The molecule has 0 atom stereocenters. The lowest BCUT2D eigenvalue weighted by Crippen LogP contribution is -2.28. The number of ether oxygens (including phenoxy) is 3. The molecule has 2 aromatic carbocycles. The average Bonchev–Trinajstić information content (AvgIpc) is 2.65. The Hall–Kier alpha value is -2.58. The lowest BCUT2D eigenvalue weighted by atomic mass is 10.1. The summed E-state index contributed by atoms with van der Waals surface area (Å²) in [7, 11) is -0.971. The van der Waals surface area contributed by atoms with Crippen molar-refractivity contribution in [2.45, 2.75) is 11.8 Å². The first-order valence-corrected chi connectivity index (χ1v) is 9.31. The van der Waals surface area contributed by atoms with Crippen LogP contribution in [0.15, 0.2) is 47.4 Å². The number of aryl methyl sites for hydroxylation is 1.